The number of alkyl halides is 1. The molecule has 4 rings (SSSR count). The number of piperidine rings is 1. The summed E-state index contributed by atoms with van der Waals surface area (Å²) in [5.41, 5.74) is 3.26. The van der Waals surface area contributed by atoms with Gasteiger partial charge in [0.1, 0.15) is 11.3 Å². The second-order valence-electron chi connectivity index (χ2n) is 6.72. The van der Waals surface area contributed by atoms with E-state index >= 15 is 0 Å². The molecule has 0 spiro atoms. The van der Waals surface area contributed by atoms with E-state index in [9.17, 15) is 0 Å². The van der Waals surface area contributed by atoms with Crippen molar-refractivity contribution in [2.24, 2.45) is 0 Å². The first-order chi connectivity index (χ1) is 12.3. The van der Waals surface area contributed by atoms with Gasteiger partial charge in [-0.1, -0.05) is 36.8 Å². The Kier molecular flexibility index (Phi) is 4.99. The monoisotopic (exact) mass is 354 g/mol. The number of benzene rings is 1. The minimum absolute atomic E-state index is 0.418. The molecule has 3 heterocycles. The molecule has 0 radical (unpaired) electrons. The highest BCUT2D eigenvalue weighted by atomic mass is 35.5. The van der Waals surface area contributed by atoms with Gasteiger partial charge in [0.25, 0.3) is 0 Å². The summed E-state index contributed by atoms with van der Waals surface area (Å²) in [7, 11) is 0. The minimum atomic E-state index is 0.418. The van der Waals surface area contributed by atoms with Crippen molar-refractivity contribution in [3.05, 3.63) is 60.0 Å². The fourth-order valence-electron chi connectivity index (χ4n) is 3.80. The van der Waals surface area contributed by atoms with Crippen LogP contribution in [0.1, 0.15) is 30.7 Å². The molecule has 1 fully saturated rings. The maximum Gasteiger partial charge on any atom is 0.160 e. The maximum atomic E-state index is 6.16. The molecule has 1 aliphatic rings. The van der Waals surface area contributed by atoms with E-state index in [0.29, 0.717) is 11.9 Å². The summed E-state index contributed by atoms with van der Waals surface area (Å²) in [5, 5.41) is 0. The van der Waals surface area contributed by atoms with E-state index in [-0.39, 0.29) is 0 Å². The zero-order valence-electron chi connectivity index (χ0n) is 14.3. The van der Waals surface area contributed by atoms with Crippen molar-refractivity contribution >= 4 is 22.8 Å². The third-order valence-electron chi connectivity index (χ3n) is 5.07. The van der Waals surface area contributed by atoms with Gasteiger partial charge in [-0.2, -0.15) is 0 Å². The fraction of sp³-hybridized carbons (Fsp3) is 0.400. The highest BCUT2D eigenvalue weighted by molar-refractivity contribution is 6.16. The molecular weight excluding hydrogens is 332 g/mol. The van der Waals surface area contributed by atoms with E-state index in [1.165, 1.54) is 24.8 Å². The van der Waals surface area contributed by atoms with Crippen molar-refractivity contribution in [3.8, 4) is 0 Å². The fourth-order valence-corrected chi connectivity index (χ4v) is 4.01. The standard InChI is InChI=1S/C20H23ClN4/c21-13-19-23-18-10-6-11-22-20(18)25(19)15-17-9-4-5-12-24(17)14-16-7-2-1-3-8-16/h1-3,6-8,10-11,17H,4-5,9,12-15H2/t17-/m0/s1. The van der Waals surface area contributed by atoms with E-state index < -0.39 is 0 Å². The third kappa shape index (κ3) is 3.55. The van der Waals surface area contributed by atoms with Crippen molar-refractivity contribution in [3.63, 3.8) is 0 Å². The van der Waals surface area contributed by atoms with Crippen molar-refractivity contribution in [1.29, 1.82) is 0 Å². The first-order valence-corrected chi connectivity index (χ1v) is 9.52. The lowest BCUT2D eigenvalue weighted by Gasteiger charge is -2.36. The van der Waals surface area contributed by atoms with E-state index in [2.05, 4.69) is 49.8 Å². The number of rotatable bonds is 5. The summed E-state index contributed by atoms with van der Waals surface area (Å²) >= 11 is 6.16. The zero-order chi connectivity index (χ0) is 17.1. The van der Waals surface area contributed by atoms with Crippen LogP contribution in [-0.2, 0) is 19.0 Å². The third-order valence-corrected chi connectivity index (χ3v) is 5.31. The van der Waals surface area contributed by atoms with Crippen molar-refractivity contribution < 1.29 is 0 Å². The number of aromatic nitrogens is 3. The summed E-state index contributed by atoms with van der Waals surface area (Å²) in [5.74, 6) is 1.34. The summed E-state index contributed by atoms with van der Waals surface area (Å²) in [6, 6.07) is 15.2. The van der Waals surface area contributed by atoms with Crippen molar-refractivity contribution in [1.82, 2.24) is 19.4 Å². The van der Waals surface area contributed by atoms with Gasteiger partial charge in [0.15, 0.2) is 5.65 Å². The minimum Gasteiger partial charge on any atom is -0.310 e. The number of nitrogens with zero attached hydrogens (tertiary/aromatic N) is 4. The Labute approximate surface area is 153 Å². The molecule has 5 heteroatoms. The van der Waals surface area contributed by atoms with Crippen LogP contribution in [0.2, 0.25) is 0 Å². The van der Waals surface area contributed by atoms with Crippen LogP contribution in [0, 0.1) is 0 Å². The highest BCUT2D eigenvalue weighted by Crippen LogP contribution is 2.24. The molecule has 0 amide bonds. The number of pyridine rings is 1. The highest BCUT2D eigenvalue weighted by Gasteiger charge is 2.24. The molecule has 4 nitrogen and oxygen atoms in total. The van der Waals surface area contributed by atoms with E-state index in [4.69, 9.17) is 11.6 Å². The first-order valence-electron chi connectivity index (χ1n) is 8.99. The molecule has 0 aliphatic carbocycles. The zero-order valence-corrected chi connectivity index (χ0v) is 15.1. The van der Waals surface area contributed by atoms with Gasteiger partial charge in [-0.25, -0.2) is 9.97 Å². The number of hydrogen-bond acceptors (Lipinski definition) is 3. The van der Waals surface area contributed by atoms with E-state index in [1.54, 1.807) is 0 Å². The molecule has 3 aromatic rings. The molecule has 1 aliphatic heterocycles. The van der Waals surface area contributed by atoms with Crippen LogP contribution in [0.5, 0.6) is 0 Å². The van der Waals surface area contributed by atoms with Crippen LogP contribution < -0.4 is 0 Å². The summed E-state index contributed by atoms with van der Waals surface area (Å²) < 4.78 is 2.22. The number of fused-ring (bicyclic) bond motifs is 1. The molecule has 1 saturated heterocycles. The van der Waals surface area contributed by atoms with Crippen molar-refractivity contribution in [2.45, 2.75) is 44.3 Å². The van der Waals surface area contributed by atoms with Crippen LogP contribution in [0.3, 0.4) is 0 Å². The first kappa shape index (κ1) is 16.6. The summed E-state index contributed by atoms with van der Waals surface area (Å²) in [6.07, 6.45) is 5.60. The predicted molar refractivity (Wildman–Crippen MR) is 102 cm³/mol. The largest absolute Gasteiger partial charge is 0.310 e. The lowest BCUT2D eigenvalue weighted by Crippen LogP contribution is -2.41. The quantitative estimate of drug-likeness (QED) is 0.643. The molecule has 1 aromatic carbocycles. The van der Waals surface area contributed by atoms with Gasteiger partial charge in [0, 0.05) is 25.3 Å². The number of halogens is 1. The molecule has 2 aromatic heterocycles. The van der Waals surface area contributed by atoms with Gasteiger partial charge < -0.3 is 4.57 Å². The lowest BCUT2D eigenvalue weighted by molar-refractivity contribution is 0.125. The molecule has 0 bridgehead atoms. The van der Waals surface area contributed by atoms with E-state index in [0.717, 1.165) is 36.6 Å². The Hall–Kier alpha value is -1.91. The lowest BCUT2D eigenvalue weighted by atomic mass is 10.0. The van der Waals surface area contributed by atoms with E-state index in [1.807, 2.05) is 18.3 Å². The predicted octanol–water partition coefficient (Wildman–Crippen LogP) is 4.22. The average Bonchev–Trinajstić information content (AvgIpc) is 3.02. The van der Waals surface area contributed by atoms with Gasteiger partial charge in [-0.3, -0.25) is 4.90 Å². The summed E-state index contributed by atoms with van der Waals surface area (Å²) in [6.45, 7) is 3.06. The molecule has 1 atom stereocenters. The van der Waals surface area contributed by atoms with Gasteiger partial charge in [-0.05, 0) is 37.1 Å². The number of hydrogen-bond donors (Lipinski definition) is 0. The molecule has 0 unspecified atom stereocenters. The molecule has 0 saturated carbocycles. The molecule has 130 valence electrons. The molecule has 25 heavy (non-hydrogen) atoms. The summed E-state index contributed by atoms with van der Waals surface area (Å²) in [4.78, 5) is 11.8. The number of imidazole rings is 1. The van der Waals surface area contributed by atoms with Crippen LogP contribution in [0.25, 0.3) is 11.2 Å². The average molecular weight is 355 g/mol. The van der Waals surface area contributed by atoms with Crippen LogP contribution in [0.4, 0.5) is 0 Å². The van der Waals surface area contributed by atoms with Gasteiger partial charge >= 0.3 is 0 Å². The second-order valence-corrected chi connectivity index (χ2v) is 6.99. The molecule has 0 N–H and O–H groups in total. The topological polar surface area (TPSA) is 34.0 Å². The maximum absolute atomic E-state index is 6.16. The number of likely N-dealkylation sites (tertiary alicyclic amines) is 1. The van der Waals surface area contributed by atoms with Gasteiger partial charge in [0.2, 0.25) is 0 Å². The Morgan fingerprint density at radius 1 is 1.08 bits per heavy atom. The van der Waals surface area contributed by atoms with Crippen LogP contribution in [-0.4, -0.2) is 32.0 Å². The van der Waals surface area contributed by atoms with Gasteiger partial charge in [-0.15, -0.1) is 11.6 Å². The Balaban J connectivity index is 1.59. The smallest absolute Gasteiger partial charge is 0.160 e. The Morgan fingerprint density at radius 2 is 1.96 bits per heavy atom. The Morgan fingerprint density at radius 3 is 2.80 bits per heavy atom. The van der Waals surface area contributed by atoms with Gasteiger partial charge in [0.05, 0.1) is 5.88 Å². The SMILES string of the molecule is ClCc1nc2cccnc2n1C[C@@H]1CCCCN1Cc1ccccc1. The van der Waals surface area contributed by atoms with Crippen molar-refractivity contribution in [2.75, 3.05) is 6.54 Å². The van der Waals surface area contributed by atoms with Crippen LogP contribution >= 0.6 is 11.6 Å². The van der Waals surface area contributed by atoms with Crippen LogP contribution in [0.15, 0.2) is 48.7 Å². The Bertz CT molecular complexity index is 830. The second kappa shape index (κ2) is 7.54. The normalized spacial score (nSPS) is 18.7. The molecular formula is C20H23ClN4.